The molecule has 2 aliphatic rings. The third kappa shape index (κ3) is 3.21. The molecule has 0 spiro atoms. The number of aliphatic hydroxyl groups excluding tert-OH is 1. The van der Waals surface area contributed by atoms with Gasteiger partial charge in [-0.2, -0.15) is 0 Å². The molecule has 4 atom stereocenters. The highest BCUT2D eigenvalue weighted by atomic mass is 16.5. The maximum atomic E-state index is 10.2. The Labute approximate surface area is 105 Å². The molecule has 3 N–H and O–H groups in total. The van der Waals surface area contributed by atoms with Gasteiger partial charge in [-0.15, -0.1) is 0 Å². The number of hydrogen-bond donors (Lipinski definition) is 2. The molecule has 0 aromatic rings. The van der Waals surface area contributed by atoms with E-state index in [0.29, 0.717) is 5.92 Å². The molecule has 1 heterocycles. The van der Waals surface area contributed by atoms with Crippen LogP contribution in [0.2, 0.25) is 0 Å². The van der Waals surface area contributed by atoms with E-state index in [1.165, 1.54) is 32.1 Å². The highest BCUT2D eigenvalue weighted by Crippen LogP contribution is 2.31. The van der Waals surface area contributed by atoms with Crippen LogP contribution in [0.5, 0.6) is 0 Å². The molecular weight excluding hydrogens is 214 g/mol. The maximum absolute atomic E-state index is 10.2. The summed E-state index contributed by atoms with van der Waals surface area (Å²) in [5, 5.41) is 10.2. The van der Waals surface area contributed by atoms with Crippen molar-refractivity contribution in [1.82, 2.24) is 0 Å². The minimum atomic E-state index is -0.462. The van der Waals surface area contributed by atoms with Crippen LogP contribution in [0.3, 0.4) is 0 Å². The van der Waals surface area contributed by atoms with Gasteiger partial charge in [-0.05, 0) is 18.8 Å². The molecular formula is C14H27NO2. The average molecular weight is 241 g/mol. The predicted octanol–water partition coefficient (Wildman–Crippen LogP) is 2.07. The van der Waals surface area contributed by atoms with E-state index < -0.39 is 6.10 Å². The normalized spacial score (nSPS) is 34.1. The first-order valence-corrected chi connectivity index (χ1v) is 7.27. The zero-order valence-electron chi connectivity index (χ0n) is 11.0. The van der Waals surface area contributed by atoms with Crippen molar-refractivity contribution in [2.75, 3.05) is 6.61 Å². The van der Waals surface area contributed by atoms with Crippen LogP contribution in [0.4, 0.5) is 0 Å². The minimum absolute atomic E-state index is 0.00131. The van der Waals surface area contributed by atoms with Crippen molar-refractivity contribution in [3.05, 3.63) is 0 Å². The quantitative estimate of drug-likeness (QED) is 0.774. The first kappa shape index (κ1) is 13.3. The van der Waals surface area contributed by atoms with Gasteiger partial charge in [0.15, 0.2) is 0 Å². The summed E-state index contributed by atoms with van der Waals surface area (Å²) >= 11 is 0. The summed E-state index contributed by atoms with van der Waals surface area (Å²) in [7, 11) is 0. The summed E-state index contributed by atoms with van der Waals surface area (Å²) in [6.45, 7) is 2.95. The fourth-order valence-corrected chi connectivity index (χ4v) is 3.26. The van der Waals surface area contributed by atoms with E-state index in [9.17, 15) is 5.11 Å². The van der Waals surface area contributed by atoms with Gasteiger partial charge in [-0.25, -0.2) is 0 Å². The number of aliphatic hydroxyl groups is 1. The van der Waals surface area contributed by atoms with Gasteiger partial charge in [0, 0.05) is 12.0 Å². The summed E-state index contributed by atoms with van der Waals surface area (Å²) in [5.41, 5.74) is 6.15. The van der Waals surface area contributed by atoms with E-state index >= 15 is 0 Å². The van der Waals surface area contributed by atoms with Crippen molar-refractivity contribution in [2.45, 2.75) is 70.1 Å². The molecule has 0 bridgehead atoms. The van der Waals surface area contributed by atoms with Crippen LogP contribution in [0, 0.1) is 11.8 Å². The Bertz CT molecular complexity index is 226. The van der Waals surface area contributed by atoms with Crippen LogP contribution >= 0.6 is 0 Å². The largest absolute Gasteiger partial charge is 0.389 e. The molecule has 17 heavy (non-hydrogen) atoms. The number of nitrogens with two attached hydrogens (primary N) is 1. The molecule has 2 fully saturated rings. The van der Waals surface area contributed by atoms with Crippen molar-refractivity contribution in [2.24, 2.45) is 17.6 Å². The molecule has 100 valence electrons. The van der Waals surface area contributed by atoms with Gasteiger partial charge in [0.25, 0.3) is 0 Å². The Hall–Kier alpha value is -0.120. The first-order valence-electron chi connectivity index (χ1n) is 7.27. The average Bonchev–Trinajstić information content (AvgIpc) is 2.29. The second kappa shape index (κ2) is 6.17. The van der Waals surface area contributed by atoms with Crippen LogP contribution in [0.25, 0.3) is 0 Å². The van der Waals surface area contributed by atoms with Crippen LogP contribution < -0.4 is 5.73 Å². The van der Waals surface area contributed by atoms with Gasteiger partial charge in [0.05, 0.1) is 18.8 Å². The highest BCUT2D eigenvalue weighted by Gasteiger charge is 2.39. The van der Waals surface area contributed by atoms with Gasteiger partial charge in [0.2, 0.25) is 0 Å². The molecule has 2 rings (SSSR count). The van der Waals surface area contributed by atoms with Gasteiger partial charge in [-0.3, -0.25) is 0 Å². The highest BCUT2D eigenvalue weighted by molar-refractivity contribution is 4.90. The zero-order chi connectivity index (χ0) is 12.3. The third-order valence-electron chi connectivity index (χ3n) is 4.60. The molecule has 1 saturated heterocycles. The Morgan fingerprint density at radius 1 is 1.29 bits per heavy atom. The third-order valence-corrected chi connectivity index (χ3v) is 4.60. The number of ether oxygens (including phenoxy) is 1. The molecule has 1 aliphatic heterocycles. The lowest BCUT2D eigenvalue weighted by Crippen LogP contribution is -2.54. The Balaban J connectivity index is 1.76. The maximum Gasteiger partial charge on any atom is 0.0955 e. The van der Waals surface area contributed by atoms with E-state index in [2.05, 4.69) is 6.92 Å². The molecule has 0 aromatic heterocycles. The fourth-order valence-electron chi connectivity index (χ4n) is 3.26. The SMILES string of the molecule is CCC1COC1C(O)C(N)CC1CCCCC1. The molecule has 0 radical (unpaired) electrons. The molecule has 3 heteroatoms. The summed E-state index contributed by atoms with van der Waals surface area (Å²) in [6.07, 6.45) is 8.23. The zero-order valence-corrected chi connectivity index (χ0v) is 11.0. The molecule has 1 aliphatic carbocycles. The van der Waals surface area contributed by atoms with E-state index in [1.807, 2.05) is 0 Å². The Kier molecular flexibility index (Phi) is 4.83. The van der Waals surface area contributed by atoms with Gasteiger partial charge >= 0.3 is 0 Å². The van der Waals surface area contributed by atoms with E-state index in [-0.39, 0.29) is 12.1 Å². The van der Waals surface area contributed by atoms with Crippen LogP contribution in [0.15, 0.2) is 0 Å². The summed E-state index contributed by atoms with van der Waals surface area (Å²) < 4.78 is 5.48. The fraction of sp³-hybridized carbons (Fsp3) is 1.00. The van der Waals surface area contributed by atoms with Crippen LogP contribution in [-0.4, -0.2) is 30.0 Å². The summed E-state index contributed by atoms with van der Waals surface area (Å²) in [5.74, 6) is 1.25. The van der Waals surface area contributed by atoms with Crippen molar-refractivity contribution in [3.8, 4) is 0 Å². The Morgan fingerprint density at radius 2 is 2.00 bits per heavy atom. The number of rotatable bonds is 5. The van der Waals surface area contributed by atoms with Crippen molar-refractivity contribution in [3.63, 3.8) is 0 Å². The molecule has 0 aromatic carbocycles. The van der Waals surface area contributed by atoms with Crippen LogP contribution in [0.1, 0.15) is 51.9 Å². The second-order valence-corrected chi connectivity index (χ2v) is 5.86. The standard InChI is InChI=1S/C14H27NO2/c1-2-11-9-17-14(11)13(16)12(15)8-10-6-4-3-5-7-10/h10-14,16H,2-9,15H2,1H3. The molecule has 4 unspecified atom stereocenters. The monoisotopic (exact) mass is 241 g/mol. The molecule has 1 saturated carbocycles. The second-order valence-electron chi connectivity index (χ2n) is 5.86. The van der Waals surface area contributed by atoms with Crippen molar-refractivity contribution in [1.29, 1.82) is 0 Å². The predicted molar refractivity (Wildman–Crippen MR) is 68.7 cm³/mol. The van der Waals surface area contributed by atoms with Crippen LogP contribution in [-0.2, 0) is 4.74 Å². The van der Waals surface area contributed by atoms with E-state index in [0.717, 1.165) is 25.4 Å². The lowest BCUT2D eigenvalue weighted by atomic mass is 9.81. The topological polar surface area (TPSA) is 55.5 Å². The Morgan fingerprint density at radius 3 is 2.53 bits per heavy atom. The first-order chi connectivity index (χ1) is 8.22. The summed E-state index contributed by atoms with van der Waals surface area (Å²) in [6, 6.07) is -0.0996. The lowest BCUT2D eigenvalue weighted by Gasteiger charge is -2.42. The number of hydrogen-bond acceptors (Lipinski definition) is 3. The van der Waals surface area contributed by atoms with Crippen molar-refractivity contribution < 1.29 is 9.84 Å². The van der Waals surface area contributed by atoms with Gasteiger partial charge in [0.1, 0.15) is 0 Å². The van der Waals surface area contributed by atoms with Gasteiger partial charge in [-0.1, -0.05) is 39.0 Å². The van der Waals surface area contributed by atoms with Gasteiger partial charge < -0.3 is 15.6 Å². The van der Waals surface area contributed by atoms with Crippen molar-refractivity contribution >= 4 is 0 Å². The van der Waals surface area contributed by atoms with E-state index in [4.69, 9.17) is 10.5 Å². The summed E-state index contributed by atoms with van der Waals surface area (Å²) in [4.78, 5) is 0. The minimum Gasteiger partial charge on any atom is -0.389 e. The lowest BCUT2D eigenvalue weighted by molar-refractivity contribution is -0.173. The smallest absolute Gasteiger partial charge is 0.0955 e. The van der Waals surface area contributed by atoms with E-state index in [1.54, 1.807) is 0 Å². The molecule has 3 nitrogen and oxygen atoms in total. The molecule has 0 amide bonds.